The summed E-state index contributed by atoms with van der Waals surface area (Å²) in [6.45, 7) is 3.83. The molecule has 168 valence electrons. The van der Waals surface area contributed by atoms with Crippen LogP contribution in [0.1, 0.15) is 73.9 Å². The Hall–Kier alpha value is -2.48. The van der Waals surface area contributed by atoms with Crippen molar-refractivity contribution in [1.82, 2.24) is 0 Å². The van der Waals surface area contributed by atoms with Gasteiger partial charge in [0.25, 0.3) is 0 Å². The third kappa shape index (κ3) is 4.31. The highest BCUT2D eigenvalue weighted by Gasteiger charge is 2.40. The molecule has 0 radical (unpaired) electrons. The number of unbranched alkanes of at least 4 members (excludes halogenated alkanes) is 1. The average molecular weight is 438 g/mol. The maximum absolute atomic E-state index is 13.0. The lowest BCUT2D eigenvalue weighted by Crippen LogP contribution is -2.30. The van der Waals surface area contributed by atoms with Gasteiger partial charge in [0.05, 0.1) is 11.1 Å². The maximum Gasteiger partial charge on any atom is 0.389 e. The first-order valence-electron chi connectivity index (χ1n) is 10.6. The topological polar surface area (TPSA) is 65.0 Å². The Balaban J connectivity index is 1.87. The van der Waals surface area contributed by atoms with Gasteiger partial charge in [-0.15, -0.1) is 0 Å². The van der Waals surface area contributed by atoms with E-state index in [-0.39, 0.29) is 47.7 Å². The van der Waals surface area contributed by atoms with E-state index in [2.05, 4.69) is 6.92 Å². The summed E-state index contributed by atoms with van der Waals surface area (Å²) in [5, 5.41) is 10.2. The minimum Gasteiger partial charge on any atom is -0.489 e. The van der Waals surface area contributed by atoms with Crippen LogP contribution in [0.15, 0.2) is 12.2 Å². The average Bonchev–Trinajstić information content (AvgIpc) is 2.69. The third-order valence-electron chi connectivity index (χ3n) is 5.64. The molecule has 0 fully saturated rings. The van der Waals surface area contributed by atoms with Gasteiger partial charge in [-0.05, 0) is 50.0 Å². The van der Waals surface area contributed by atoms with Gasteiger partial charge < -0.3 is 19.3 Å². The fraction of sp³-hybridized carbons (Fsp3) is 0.522. The number of carbonyl (C=O) groups excluding carboxylic acids is 1. The standard InChI is InChI=1S/C23H25F3O5/c1-3-4-5-14-6-7-15-20(30-14)18-13(8-9-23(24,25)26)11-17(28)31-22(18)19-16(27)10-12(2)29-21(15)19/h6-7,11-12,14,17,28H,3-5,8-10H2,1-2H3. The number of aliphatic hydroxyl groups excluding tert-OH is 1. The van der Waals surface area contributed by atoms with Crippen molar-refractivity contribution in [2.45, 2.75) is 77.0 Å². The fourth-order valence-electron chi connectivity index (χ4n) is 4.22. The zero-order valence-electron chi connectivity index (χ0n) is 17.4. The lowest BCUT2D eigenvalue weighted by Gasteiger charge is -2.35. The number of rotatable bonds is 5. The maximum atomic E-state index is 13.0. The molecule has 0 amide bonds. The van der Waals surface area contributed by atoms with Crippen LogP contribution in [0.2, 0.25) is 0 Å². The molecule has 8 heteroatoms. The molecular weight excluding hydrogens is 413 g/mol. The minimum absolute atomic E-state index is 0.0439. The van der Waals surface area contributed by atoms with E-state index in [1.807, 2.05) is 12.2 Å². The van der Waals surface area contributed by atoms with E-state index < -0.39 is 18.9 Å². The summed E-state index contributed by atoms with van der Waals surface area (Å²) in [7, 11) is 0. The lowest BCUT2D eigenvalue weighted by atomic mass is 9.86. The van der Waals surface area contributed by atoms with Crippen molar-refractivity contribution in [3.63, 3.8) is 0 Å². The van der Waals surface area contributed by atoms with Crippen LogP contribution in [0.4, 0.5) is 13.2 Å². The Morgan fingerprint density at radius 1 is 1.13 bits per heavy atom. The predicted molar refractivity (Wildman–Crippen MR) is 108 cm³/mol. The molecule has 3 aliphatic rings. The molecule has 0 bridgehead atoms. The molecule has 0 saturated carbocycles. The van der Waals surface area contributed by atoms with Gasteiger partial charge in [0, 0.05) is 12.8 Å². The number of aliphatic hydroxyl groups is 1. The quantitative estimate of drug-likeness (QED) is 0.663. The summed E-state index contributed by atoms with van der Waals surface area (Å²) >= 11 is 0. The highest BCUT2D eigenvalue weighted by Crippen LogP contribution is 2.53. The van der Waals surface area contributed by atoms with Crippen LogP contribution in [0.25, 0.3) is 11.6 Å². The van der Waals surface area contributed by atoms with Gasteiger partial charge in [-0.1, -0.05) is 13.3 Å². The third-order valence-corrected chi connectivity index (χ3v) is 5.64. The number of benzene rings is 1. The normalized spacial score (nSPS) is 24.3. The number of hydrogen-bond acceptors (Lipinski definition) is 5. The minimum atomic E-state index is -4.36. The number of ketones is 1. The fourth-order valence-corrected chi connectivity index (χ4v) is 4.22. The number of allylic oxidation sites excluding steroid dienone is 1. The zero-order valence-corrected chi connectivity index (χ0v) is 17.4. The van der Waals surface area contributed by atoms with E-state index >= 15 is 0 Å². The molecule has 3 unspecified atom stereocenters. The molecule has 5 nitrogen and oxygen atoms in total. The van der Waals surface area contributed by atoms with Gasteiger partial charge in [0.15, 0.2) is 5.78 Å². The van der Waals surface area contributed by atoms with Crippen LogP contribution in [-0.2, 0) is 0 Å². The summed E-state index contributed by atoms with van der Waals surface area (Å²) in [6, 6.07) is 0. The number of Topliss-reactive ketones (excluding diaryl/α,β-unsaturated/α-hetero) is 1. The van der Waals surface area contributed by atoms with Crippen molar-refractivity contribution in [2.75, 3.05) is 0 Å². The van der Waals surface area contributed by atoms with Crippen molar-refractivity contribution < 1.29 is 37.3 Å². The highest BCUT2D eigenvalue weighted by molar-refractivity contribution is 6.07. The summed E-state index contributed by atoms with van der Waals surface area (Å²) in [4.78, 5) is 12.9. The monoisotopic (exact) mass is 438 g/mol. The number of fused-ring (bicyclic) bond motifs is 6. The summed E-state index contributed by atoms with van der Waals surface area (Å²) in [6.07, 6.45) is -0.136. The van der Waals surface area contributed by atoms with Gasteiger partial charge >= 0.3 is 6.18 Å². The zero-order chi connectivity index (χ0) is 22.3. The van der Waals surface area contributed by atoms with E-state index in [0.717, 1.165) is 19.3 Å². The Morgan fingerprint density at radius 2 is 1.87 bits per heavy atom. The molecule has 3 aliphatic heterocycles. The van der Waals surface area contributed by atoms with Gasteiger partial charge in [0.1, 0.15) is 35.0 Å². The van der Waals surface area contributed by atoms with E-state index in [1.165, 1.54) is 6.08 Å². The summed E-state index contributed by atoms with van der Waals surface area (Å²) in [5.74, 6) is 0.451. The van der Waals surface area contributed by atoms with Crippen LogP contribution < -0.4 is 14.2 Å². The number of carbonyl (C=O) groups is 1. The van der Waals surface area contributed by atoms with Crippen molar-refractivity contribution in [3.8, 4) is 17.2 Å². The van der Waals surface area contributed by atoms with Gasteiger partial charge in [-0.25, -0.2) is 0 Å². The van der Waals surface area contributed by atoms with Gasteiger partial charge in [0.2, 0.25) is 6.29 Å². The molecular formula is C23H25F3O5. The molecule has 0 spiro atoms. The number of ether oxygens (including phenoxy) is 3. The molecule has 31 heavy (non-hydrogen) atoms. The SMILES string of the molecule is CCCCC1C=Cc2c3c(c4c(c2O1)C(CCC(F)(F)F)=CC(O)O4)C(=O)CC(C)O3. The van der Waals surface area contributed by atoms with Crippen molar-refractivity contribution in [1.29, 1.82) is 0 Å². The Morgan fingerprint density at radius 3 is 2.58 bits per heavy atom. The molecule has 4 rings (SSSR count). The Kier molecular flexibility index (Phi) is 5.77. The molecule has 0 saturated heterocycles. The van der Waals surface area contributed by atoms with Crippen LogP contribution >= 0.6 is 0 Å². The summed E-state index contributed by atoms with van der Waals surface area (Å²) in [5.41, 5.74) is 1.24. The van der Waals surface area contributed by atoms with Crippen molar-refractivity contribution >= 4 is 17.4 Å². The van der Waals surface area contributed by atoms with Crippen LogP contribution in [-0.4, -0.2) is 35.6 Å². The number of alkyl halides is 3. The first-order valence-corrected chi connectivity index (χ1v) is 10.6. The first-order chi connectivity index (χ1) is 14.7. The van der Waals surface area contributed by atoms with E-state index in [9.17, 15) is 23.1 Å². The second-order valence-electron chi connectivity index (χ2n) is 8.18. The highest BCUT2D eigenvalue weighted by atomic mass is 19.4. The van der Waals surface area contributed by atoms with Gasteiger partial charge in [-0.2, -0.15) is 13.2 Å². The molecule has 1 aromatic rings. The van der Waals surface area contributed by atoms with Crippen molar-refractivity contribution in [3.05, 3.63) is 28.8 Å². The Labute approximate surface area is 178 Å². The lowest BCUT2D eigenvalue weighted by molar-refractivity contribution is -0.133. The largest absolute Gasteiger partial charge is 0.489 e. The molecule has 0 aromatic heterocycles. The predicted octanol–water partition coefficient (Wildman–Crippen LogP) is 5.44. The first kappa shape index (κ1) is 21.7. The molecule has 1 aromatic carbocycles. The smallest absolute Gasteiger partial charge is 0.389 e. The van der Waals surface area contributed by atoms with Crippen LogP contribution in [0.5, 0.6) is 17.2 Å². The van der Waals surface area contributed by atoms with Crippen molar-refractivity contribution in [2.24, 2.45) is 0 Å². The molecule has 3 heterocycles. The van der Waals surface area contributed by atoms with E-state index in [0.29, 0.717) is 22.6 Å². The second kappa shape index (κ2) is 8.22. The van der Waals surface area contributed by atoms with Gasteiger partial charge in [-0.3, -0.25) is 4.79 Å². The molecule has 1 N–H and O–H groups in total. The molecule has 3 atom stereocenters. The van der Waals surface area contributed by atoms with Crippen LogP contribution in [0.3, 0.4) is 0 Å². The van der Waals surface area contributed by atoms with Crippen LogP contribution in [0, 0.1) is 0 Å². The summed E-state index contributed by atoms with van der Waals surface area (Å²) < 4.78 is 56.6. The second-order valence-corrected chi connectivity index (χ2v) is 8.18. The molecule has 0 aliphatic carbocycles. The van der Waals surface area contributed by atoms with E-state index in [4.69, 9.17) is 14.2 Å². The Bertz CT molecular complexity index is 948. The van der Waals surface area contributed by atoms with E-state index in [1.54, 1.807) is 6.92 Å². The number of halogens is 3. The number of hydrogen-bond donors (Lipinski definition) is 1.